The predicted molar refractivity (Wildman–Crippen MR) is 119 cm³/mol. The molecule has 3 aromatic rings. The van der Waals surface area contributed by atoms with Crippen molar-refractivity contribution in [2.24, 2.45) is 17.2 Å². The van der Waals surface area contributed by atoms with Crippen molar-refractivity contribution in [3.8, 4) is 0 Å². The fourth-order valence-corrected chi connectivity index (χ4v) is 4.74. The number of amides is 2. The van der Waals surface area contributed by atoms with Gasteiger partial charge < -0.3 is 21.6 Å². The zero-order valence-corrected chi connectivity index (χ0v) is 18.2. The third-order valence-electron chi connectivity index (χ3n) is 6.13. The number of rotatable bonds is 6. The number of aromatic nitrogens is 2. The largest absolute Gasteiger partial charge is 0.424 e. The number of primary amides is 2. The average Bonchev–Trinajstić information content (AvgIpc) is 3.20. The van der Waals surface area contributed by atoms with Crippen LogP contribution < -0.4 is 17.2 Å². The highest BCUT2D eigenvalue weighted by molar-refractivity contribution is 5.94. The van der Waals surface area contributed by atoms with E-state index in [1.807, 2.05) is 38.1 Å². The van der Waals surface area contributed by atoms with E-state index in [-0.39, 0.29) is 6.04 Å². The van der Waals surface area contributed by atoms with Crippen LogP contribution in [0.25, 0.3) is 0 Å². The van der Waals surface area contributed by atoms with E-state index in [9.17, 15) is 9.59 Å². The average molecular weight is 434 g/mol. The van der Waals surface area contributed by atoms with Crippen molar-refractivity contribution in [3.05, 3.63) is 81.6 Å². The van der Waals surface area contributed by atoms with E-state index in [0.717, 1.165) is 22.3 Å². The minimum absolute atomic E-state index is 0.211. The summed E-state index contributed by atoms with van der Waals surface area (Å²) in [5, 5.41) is 8.66. The summed E-state index contributed by atoms with van der Waals surface area (Å²) in [7, 11) is 0. The van der Waals surface area contributed by atoms with E-state index in [4.69, 9.17) is 21.6 Å². The summed E-state index contributed by atoms with van der Waals surface area (Å²) in [5.41, 5.74) is 21.3. The first-order valence-corrected chi connectivity index (χ1v) is 10.7. The highest BCUT2D eigenvalue weighted by atomic mass is 16.4. The van der Waals surface area contributed by atoms with Crippen LogP contribution in [0.5, 0.6) is 0 Å². The molecular formula is C24H27N5O3. The number of carbonyl (C=O) groups is 2. The lowest BCUT2D eigenvalue weighted by Gasteiger charge is -2.35. The summed E-state index contributed by atoms with van der Waals surface area (Å²) in [4.78, 5) is 23.7. The standard InChI is InChI=1S/C24H27N5O3/c1-3-20-28-29-23(32-20)24(12-13(2)25)18-8-6-16(21(26)30)10-14(18)4-5-15-11-17(22(27)31)7-9-19(15)24/h6-11,13H,3-5,12,25H2,1-2H3,(H2,26,30)(H2,27,31)/t13-/m1/s1. The molecule has 0 unspecified atom stereocenters. The summed E-state index contributed by atoms with van der Waals surface area (Å²) in [6.45, 7) is 3.88. The monoisotopic (exact) mass is 433 g/mol. The van der Waals surface area contributed by atoms with Gasteiger partial charge in [0.2, 0.25) is 23.6 Å². The lowest BCUT2D eigenvalue weighted by molar-refractivity contribution is 0.0991. The number of carbonyl (C=O) groups excluding carboxylic acids is 2. The van der Waals surface area contributed by atoms with Crippen molar-refractivity contribution in [2.75, 3.05) is 0 Å². The molecular weight excluding hydrogens is 406 g/mol. The van der Waals surface area contributed by atoms with Gasteiger partial charge in [0, 0.05) is 23.6 Å². The van der Waals surface area contributed by atoms with Crippen LogP contribution in [0, 0.1) is 0 Å². The molecule has 32 heavy (non-hydrogen) atoms. The van der Waals surface area contributed by atoms with Gasteiger partial charge in [-0.05, 0) is 72.7 Å². The van der Waals surface area contributed by atoms with E-state index in [1.54, 1.807) is 12.1 Å². The maximum Gasteiger partial charge on any atom is 0.248 e. The number of nitrogens with two attached hydrogens (primary N) is 3. The van der Waals surface area contributed by atoms with Crippen LogP contribution in [0.3, 0.4) is 0 Å². The number of nitrogens with zero attached hydrogens (tertiary/aromatic N) is 2. The van der Waals surface area contributed by atoms with E-state index in [0.29, 0.717) is 48.6 Å². The normalized spacial score (nSPS) is 15.3. The number of hydrogen-bond donors (Lipinski definition) is 3. The van der Waals surface area contributed by atoms with E-state index in [1.165, 1.54) is 0 Å². The highest BCUT2D eigenvalue weighted by Gasteiger charge is 2.46. The van der Waals surface area contributed by atoms with Crippen LogP contribution in [0.4, 0.5) is 0 Å². The molecule has 1 aromatic heterocycles. The third kappa shape index (κ3) is 3.56. The minimum Gasteiger partial charge on any atom is -0.424 e. The Labute approximate surface area is 186 Å². The number of hydrogen-bond acceptors (Lipinski definition) is 6. The lowest BCUT2D eigenvalue weighted by atomic mass is 9.68. The highest BCUT2D eigenvalue weighted by Crippen LogP contribution is 2.47. The number of aryl methyl sites for hydroxylation is 3. The summed E-state index contributed by atoms with van der Waals surface area (Å²) in [6, 6.07) is 10.7. The fourth-order valence-electron chi connectivity index (χ4n) is 4.74. The van der Waals surface area contributed by atoms with Crippen LogP contribution in [-0.4, -0.2) is 28.1 Å². The molecule has 0 aliphatic heterocycles. The van der Waals surface area contributed by atoms with Gasteiger partial charge in [0.15, 0.2) is 0 Å². The van der Waals surface area contributed by atoms with Gasteiger partial charge in [-0.3, -0.25) is 9.59 Å². The Morgan fingerprint density at radius 3 is 1.94 bits per heavy atom. The maximum atomic E-state index is 11.9. The maximum absolute atomic E-state index is 11.9. The SMILES string of the molecule is CCc1nnc(C2(C[C@@H](C)N)c3ccc(C(N)=O)cc3CCc3cc(C(N)=O)ccc32)o1. The van der Waals surface area contributed by atoms with E-state index >= 15 is 0 Å². The Hall–Kier alpha value is -3.52. The topological polar surface area (TPSA) is 151 Å². The van der Waals surface area contributed by atoms with Crippen LogP contribution in [-0.2, 0) is 24.7 Å². The summed E-state index contributed by atoms with van der Waals surface area (Å²) in [5.74, 6) is -0.0162. The quantitative estimate of drug-likeness (QED) is 0.541. The second-order valence-corrected chi connectivity index (χ2v) is 8.41. The zero-order chi connectivity index (χ0) is 23.0. The van der Waals surface area contributed by atoms with Gasteiger partial charge in [0.1, 0.15) is 5.41 Å². The summed E-state index contributed by atoms with van der Waals surface area (Å²) >= 11 is 0. The molecule has 4 rings (SSSR count). The molecule has 0 bridgehead atoms. The minimum atomic E-state index is -0.845. The van der Waals surface area contributed by atoms with Gasteiger partial charge in [0.05, 0.1) is 0 Å². The zero-order valence-electron chi connectivity index (χ0n) is 18.2. The molecule has 2 aromatic carbocycles. The number of benzene rings is 2. The first kappa shape index (κ1) is 21.7. The van der Waals surface area contributed by atoms with Crippen molar-refractivity contribution in [1.29, 1.82) is 0 Å². The summed E-state index contributed by atoms with van der Waals surface area (Å²) < 4.78 is 6.14. The Kier molecular flexibility index (Phi) is 5.56. The first-order chi connectivity index (χ1) is 15.3. The number of fused-ring (bicyclic) bond motifs is 2. The molecule has 0 fully saturated rings. The van der Waals surface area contributed by atoms with Crippen LogP contribution in [0.15, 0.2) is 40.8 Å². The Morgan fingerprint density at radius 1 is 1.00 bits per heavy atom. The molecule has 1 atom stereocenters. The van der Waals surface area contributed by atoms with Crippen molar-refractivity contribution in [2.45, 2.75) is 51.0 Å². The van der Waals surface area contributed by atoms with Gasteiger partial charge in [0.25, 0.3) is 0 Å². The van der Waals surface area contributed by atoms with Crippen LogP contribution >= 0.6 is 0 Å². The van der Waals surface area contributed by atoms with E-state index in [2.05, 4.69) is 10.2 Å². The van der Waals surface area contributed by atoms with Crippen LogP contribution in [0.2, 0.25) is 0 Å². The lowest BCUT2D eigenvalue weighted by Crippen LogP contribution is -2.37. The Balaban J connectivity index is 2.08. The predicted octanol–water partition coefficient (Wildman–Crippen LogP) is 2.00. The van der Waals surface area contributed by atoms with Gasteiger partial charge in [-0.1, -0.05) is 19.1 Å². The Morgan fingerprint density at radius 2 is 1.53 bits per heavy atom. The second-order valence-electron chi connectivity index (χ2n) is 8.41. The van der Waals surface area contributed by atoms with Gasteiger partial charge in [-0.2, -0.15) is 0 Å². The second kappa shape index (κ2) is 8.20. The molecule has 8 nitrogen and oxygen atoms in total. The third-order valence-corrected chi connectivity index (χ3v) is 6.13. The molecule has 0 saturated carbocycles. The van der Waals surface area contributed by atoms with Crippen molar-refractivity contribution in [3.63, 3.8) is 0 Å². The first-order valence-electron chi connectivity index (χ1n) is 10.7. The molecule has 1 heterocycles. The molecule has 0 radical (unpaired) electrons. The van der Waals surface area contributed by atoms with Gasteiger partial charge >= 0.3 is 0 Å². The smallest absolute Gasteiger partial charge is 0.248 e. The molecule has 1 aliphatic carbocycles. The fraction of sp³-hybridized carbons (Fsp3) is 0.333. The van der Waals surface area contributed by atoms with Crippen molar-refractivity contribution >= 4 is 11.8 Å². The van der Waals surface area contributed by atoms with Gasteiger partial charge in [-0.25, -0.2) is 0 Å². The molecule has 0 spiro atoms. The molecule has 166 valence electrons. The van der Waals surface area contributed by atoms with Crippen LogP contribution in [0.1, 0.15) is 75.0 Å². The summed E-state index contributed by atoms with van der Waals surface area (Å²) in [6.07, 6.45) is 2.37. The van der Waals surface area contributed by atoms with Crippen molar-refractivity contribution in [1.82, 2.24) is 10.2 Å². The van der Waals surface area contributed by atoms with Gasteiger partial charge in [-0.15, -0.1) is 10.2 Å². The molecule has 6 N–H and O–H groups in total. The van der Waals surface area contributed by atoms with Crippen molar-refractivity contribution < 1.29 is 14.0 Å². The molecule has 0 saturated heterocycles. The Bertz CT molecular complexity index is 1130. The molecule has 8 heteroatoms. The molecule has 1 aliphatic rings. The van der Waals surface area contributed by atoms with E-state index < -0.39 is 17.2 Å². The molecule has 2 amide bonds.